The predicted octanol–water partition coefficient (Wildman–Crippen LogP) is 3.88. The minimum absolute atomic E-state index is 0.469. The minimum atomic E-state index is 0.469. The first-order valence-corrected chi connectivity index (χ1v) is 5.89. The highest BCUT2D eigenvalue weighted by molar-refractivity contribution is 5.79. The fourth-order valence-electron chi connectivity index (χ4n) is 2.49. The van der Waals surface area contributed by atoms with Gasteiger partial charge in [-0.15, -0.1) is 0 Å². The second-order valence-electron chi connectivity index (χ2n) is 4.34. The number of ketones is 1. The minimum Gasteiger partial charge on any atom is -0.300 e. The summed E-state index contributed by atoms with van der Waals surface area (Å²) < 4.78 is 0. The van der Waals surface area contributed by atoms with Crippen LogP contribution in [0.3, 0.4) is 0 Å². The maximum Gasteiger partial charge on any atom is 0.133 e. The zero-order valence-electron chi connectivity index (χ0n) is 9.73. The van der Waals surface area contributed by atoms with Gasteiger partial charge in [0.1, 0.15) is 5.78 Å². The fraction of sp³-hybridized carbons (Fsp3) is 0.769. The van der Waals surface area contributed by atoms with Gasteiger partial charge in [0.15, 0.2) is 0 Å². The van der Waals surface area contributed by atoms with Crippen LogP contribution in [0.2, 0.25) is 0 Å². The topological polar surface area (TPSA) is 17.1 Å². The van der Waals surface area contributed by atoms with E-state index in [0.717, 1.165) is 32.1 Å². The molecule has 1 nitrogen and oxygen atoms in total. The number of allylic oxidation sites excluding steroid dienone is 2. The second kappa shape index (κ2) is 5.33. The van der Waals surface area contributed by atoms with Crippen molar-refractivity contribution in [2.24, 2.45) is 5.92 Å². The molecule has 0 N–H and O–H groups in total. The molecule has 1 rings (SSSR count). The molecule has 0 saturated heterocycles. The van der Waals surface area contributed by atoms with Crippen LogP contribution in [-0.2, 0) is 4.79 Å². The number of hydrogen-bond acceptors (Lipinski definition) is 1. The Morgan fingerprint density at radius 2 is 2.07 bits per heavy atom. The summed E-state index contributed by atoms with van der Waals surface area (Å²) in [5.74, 6) is 1.04. The van der Waals surface area contributed by atoms with Crippen LogP contribution in [0.4, 0.5) is 0 Å². The zero-order chi connectivity index (χ0) is 10.6. The van der Waals surface area contributed by atoms with E-state index in [4.69, 9.17) is 0 Å². The summed E-state index contributed by atoms with van der Waals surface area (Å²) in [5, 5.41) is 0. The lowest BCUT2D eigenvalue weighted by Gasteiger charge is -2.25. The van der Waals surface area contributed by atoms with Crippen LogP contribution >= 0.6 is 0 Å². The number of hydrogen-bond donors (Lipinski definition) is 0. The average molecular weight is 194 g/mol. The predicted molar refractivity (Wildman–Crippen MR) is 60.2 cm³/mol. The van der Waals surface area contributed by atoms with Crippen molar-refractivity contribution >= 4 is 5.78 Å². The van der Waals surface area contributed by atoms with Crippen molar-refractivity contribution in [3.05, 3.63) is 11.1 Å². The molecule has 0 radical (unpaired) electrons. The highest BCUT2D eigenvalue weighted by atomic mass is 16.1. The summed E-state index contributed by atoms with van der Waals surface area (Å²) in [6.45, 7) is 6.64. The second-order valence-corrected chi connectivity index (χ2v) is 4.34. The summed E-state index contributed by atoms with van der Waals surface area (Å²) in [7, 11) is 0. The van der Waals surface area contributed by atoms with E-state index in [9.17, 15) is 4.79 Å². The summed E-state index contributed by atoms with van der Waals surface area (Å²) in [5.41, 5.74) is 3.06. The molecule has 0 unspecified atom stereocenters. The molecule has 14 heavy (non-hydrogen) atoms. The van der Waals surface area contributed by atoms with Crippen molar-refractivity contribution < 1.29 is 4.79 Å². The Balaban J connectivity index is 2.74. The molecule has 0 aliphatic heterocycles. The Labute approximate surface area is 87.6 Å². The van der Waals surface area contributed by atoms with Crippen LogP contribution in [0, 0.1) is 5.92 Å². The molecule has 0 aromatic rings. The van der Waals surface area contributed by atoms with Gasteiger partial charge in [0.2, 0.25) is 0 Å². The van der Waals surface area contributed by atoms with Crippen LogP contribution in [-0.4, -0.2) is 5.78 Å². The van der Waals surface area contributed by atoms with E-state index in [-0.39, 0.29) is 0 Å². The zero-order valence-corrected chi connectivity index (χ0v) is 9.73. The lowest BCUT2D eigenvalue weighted by molar-refractivity contribution is -0.121. The maximum absolute atomic E-state index is 11.4. The SMILES string of the molecule is CC/C(C)=C(\CC)[C@@H]1CCCC(=O)C1. The summed E-state index contributed by atoms with van der Waals surface area (Å²) in [6, 6.07) is 0. The standard InChI is InChI=1S/C13H22O/c1-4-10(3)13(5-2)11-7-6-8-12(14)9-11/h11H,4-9H2,1-3H3/b13-10+/t11-/m1/s1. The fourth-order valence-corrected chi connectivity index (χ4v) is 2.49. The quantitative estimate of drug-likeness (QED) is 0.623. The van der Waals surface area contributed by atoms with Crippen LogP contribution in [0.15, 0.2) is 11.1 Å². The third kappa shape index (κ3) is 2.70. The molecular formula is C13H22O. The number of rotatable bonds is 3. The Morgan fingerprint density at radius 1 is 1.36 bits per heavy atom. The van der Waals surface area contributed by atoms with Crippen LogP contribution in [0.25, 0.3) is 0 Å². The lowest BCUT2D eigenvalue weighted by atomic mass is 9.80. The first-order valence-electron chi connectivity index (χ1n) is 5.89. The highest BCUT2D eigenvalue weighted by Crippen LogP contribution is 2.32. The van der Waals surface area contributed by atoms with E-state index in [1.807, 2.05) is 0 Å². The monoisotopic (exact) mass is 194 g/mol. The van der Waals surface area contributed by atoms with E-state index in [0.29, 0.717) is 11.7 Å². The normalized spacial score (nSPS) is 24.8. The lowest BCUT2D eigenvalue weighted by Crippen LogP contribution is -2.17. The Bertz CT molecular complexity index is 238. The molecule has 0 amide bonds. The van der Waals surface area contributed by atoms with Crippen LogP contribution < -0.4 is 0 Å². The van der Waals surface area contributed by atoms with Gasteiger partial charge in [0.05, 0.1) is 0 Å². The van der Waals surface area contributed by atoms with E-state index < -0.39 is 0 Å². The number of carbonyl (C=O) groups is 1. The maximum atomic E-state index is 11.4. The van der Waals surface area contributed by atoms with Crippen LogP contribution in [0.1, 0.15) is 59.3 Å². The molecule has 0 spiro atoms. The van der Waals surface area contributed by atoms with Gasteiger partial charge in [-0.25, -0.2) is 0 Å². The molecule has 0 aromatic heterocycles. The molecule has 0 bridgehead atoms. The first-order chi connectivity index (χ1) is 6.69. The molecule has 80 valence electrons. The van der Waals surface area contributed by atoms with Gasteiger partial charge in [-0.3, -0.25) is 4.79 Å². The van der Waals surface area contributed by atoms with Gasteiger partial charge in [0, 0.05) is 12.8 Å². The molecule has 1 aliphatic rings. The molecule has 1 saturated carbocycles. The third-order valence-corrected chi connectivity index (χ3v) is 3.43. The van der Waals surface area contributed by atoms with Gasteiger partial charge >= 0.3 is 0 Å². The van der Waals surface area contributed by atoms with Crippen LogP contribution in [0.5, 0.6) is 0 Å². The van der Waals surface area contributed by atoms with Gasteiger partial charge < -0.3 is 0 Å². The Morgan fingerprint density at radius 3 is 2.57 bits per heavy atom. The van der Waals surface area contributed by atoms with Crippen molar-refractivity contribution in [2.75, 3.05) is 0 Å². The number of carbonyl (C=O) groups excluding carboxylic acids is 1. The van der Waals surface area contributed by atoms with E-state index >= 15 is 0 Å². The van der Waals surface area contributed by atoms with Crippen molar-refractivity contribution in [1.29, 1.82) is 0 Å². The summed E-state index contributed by atoms with van der Waals surface area (Å²) in [4.78, 5) is 11.4. The van der Waals surface area contributed by atoms with Crippen molar-refractivity contribution in [3.63, 3.8) is 0 Å². The van der Waals surface area contributed by atoms with Gasteiger partial charge in [-0.05, 0) is 38.5 Å². The molecular weight excluding hydrogens is 172 g/mol. The van der Waals surface area contributed by atoms with Crippen molar-refractivity contribution in [1.82, 2.24) is 0 Å². The number of Topliss-reactive ketones (excluding diaryl/α,β-unsaturated/α-hetero) is 1. The smallest absolute Gasteiger partial charge is 0.133 e. The van der Waals surface area contributed by atoms with Gasteiger partial charge in [-0.1, -0.05) is 25.0 Å². The van der Waals surface area contributed by atoms with Gasteiger partial charge in [-0.2, -0.15) is 0 Å². The van der Waals surface area contributed by atoms with E-state index in [2.05, 4.69) is 20.8 Å². The molecule has 0 heterocycles. The third-order valence-electron chi connectivity index (χ3n) is 3.43. The molecule has 1 aliphatic carbocycles. The molecule has 0 aromatic carbocycles. The highest BCUT2D eigenvalue weighted by Gasteiger charge is 2.22. The molecule has 1 atom stereocenters. The van der Waals surface area contributed by atoms with E-state index in [1.54, 1.807) is 5.57 Å². The van der Waals surface area contributed by atoms with Crippen molar-refractivity contribution in [3.8, 4) is 0 Å². The molecule has 1 heteroatoms. The average Bonchev–Trinajstić information content (AvgIpc) is 2.19. The van der Waals surface area contributed by atoms with E-state index in [1.165, 1.54) is 12.0 Å². The summed E-state index contributed by atoms with van der Waals surface area (Å²) in [6.07, 6.45) is 6.21. The Hall–Kier alpha value is -0.590. The van der Waals surface area contributed by atoms with Gasteiger partial charge in [0.25, 0.3) is 0 Å². The Kier molecular flexibility index (Phi) is 4.37. The molecule has 1 fully saturated rings. The summed E-state index contributed by atoms with van der Waals surface area (Å²) >= 11 is 0. The van der Waals surface area contributed by atoms with Crippen molar-refractivity contribution in [2.45, 2.75) is 59.3 Å². The first kappa shape index (κ1) is 11.5. The largest absolute Gasteiger partial charge is 0.300 e.